The number of aromatic nitrogens is 2. The number of amides is 2. The molecule has 1 N–H and O–H groups in total. The Morgan fingerprint density at radius 1 is 1.24 bits per heavy atom. The Morgan fingerprint density at radius 2 is 1.93 bits per heavy atom. The van der Waals surface area contributed by atoms with Crippen molar-refractivity contribution >= 4 is 33.7 Å². The van der Waals surface area contributed by atoms with E-state index in [1.165, 1.54) is 0 Å². The number of carbonyl (C=O) groups excluding carboxylic acids is 1. The third kappa shape index (κ3) is 4.33. The number of carbonyl (C=O) groups is 2. The van der Waals surface area contributed by atoms with Gasteiger partial charge in [0.25, 0.3) is 5.91 Å². The number of rotatable bonds is 4. The summed E-state index contributed by atoms with van der Waals surface area (Å²) in [5.41, 5.74) is 0.125. The van der Waals surface area contributed by atoms with Gasteiger partial charge in [0.05, 0.1) is 19.3 Å². The van der Waals surface area contributed by atoms with Gasteiger partial charge in [-0.3, -0.25) is 14.7 Å². The fourth-order valence-corrected chi connectivity index (χ4v) is 4.23. The summed E-state index contributed by atoms with van der Waals surface area (Å²) in [5, 5.41) is 9.95. The number of quaternary nitrogens is 1. The Balaban J connectivity index is 1.88. The minimum Gasteiger partial charge on any atom is -0.435 e. The third-order valence-corrected chi connectivity index (χ3v) is 6.27. The Hall–Kier alpha value is -2.32. The lowest BCUT2D eigenvalue weighted by Gasteiger charge is -2.40. The highest BCUT2D eigenvalue weighted by Gasteiger charge is 2.53. The summed E-state index contributed by atoms with van der Waals surface area (Å²) >= 11 is 3.39. The van der Waals surface area contributed by atoms with Crippen molar-refractivity contribution in [2.24, 2.45) is 5.92 Å². The molecule has 1 saturated heterocycles. The molecule has 1 aliphatic rings. The third-order valence-electron chi connectivity index (χ3n) is 5.74. The molecule has 0 radical (unpaired) electrons. The molecule has 8 heteroatoms. The van der Waals surface area contributed by atoms with Crippen molar-refractivity contribution in [2.45, 2.75) is 32.7 Å². The van der Waals surface area contributed by atoms with Gasteiger partial charge in [-0.15, -0.1) is 0 Å². The van der Waals surface area contributed by atoms with Crippen molar-refractivity contribution in [3.8, 4) is 0 Å². The zero-order valence-corrected chi connectivity index (χ0v) is 18.5. The molecule has 2 amide bonds. The lowest BCUT2D eigenvalue weighted by molar-refractivity contribution is -0.893. The number of hydrogen-bond acceptors (Lipinski definition) is 4. The molecule has 1 aromatic carbocycles. The van der Waals surface area contributed by atoms with Gasteiger partial charge in [-0.2, -0.15) is 4.79 Å². The van der Waals surface area contributed by atoms with Crippen LogP contribution in [0.1, 0.15) is 37.6 Å². The SMILES string of the molecule is CC(C)(C)[N+]1(C(=O)O)CC[C@@H](CN(C(=O)c2ccc(Br)cc2)c2cnccn2)C1. The number of halogens is 1. The number of likely N-dealkylation sites (tertiary alicyclic amines) is 1. The largest absolute Gasteiger partial charge is 0.513 e. The van der Waals surface area contributed by atoms with Gasteiger partial charge in [0.1, 0.15) is 5.54 Å². The lowest BCUT2D eigenvalue weighted by Crippen LogP contribution is -2.62. The van der Waals surface area contributed by atoms with E-state index in [1.54, 1.807) is 35.6 Å². The quantitative estimate of drug-likeness (QED) is 0.689. The number of hydrogen-bond donors (Lipinski definition) is 1. The molecule has 0 bridgehead atoms. The molecule has 0 spiro atoms. The van der Waals surface area contributed by atoms with Crippen molar-refractivity contribution in [1.29, 1.82) is 0 Å². The van der Waals surface area contributed by atoms with Crippen molar-refractivity contribution in [3.05, 3.63) is 52.9 Å². The van der Waals surface area contributed by atoms with Crippen LogP contribution in [0.15, 0.2) is 47.3 Å². The molecule has 0 saturated carbocycles. The van der Waals surface area contributed by atoms with Gasteiger partial charge >= 0.3 is 6.09 Å². The highest BCUT2D eigenvalue weighted by atomic mass is 79.9. The van der Waals surface area contributed by atoms with E-state index in [0.717, 1.165) is 10.9 Å². The van der Waals surface area contributed by atoms with Gasteiger partial charge in [0.2, 0.25) is 0 Å². The number of anilines is 1. The van der Waals surface area contributed by atoms with E-state index < -0.39 is 11.6 Å². The standard InChI is InChI=1S/C21H25BrN4O3/c1-21(2,3)26(20(28)29)11-8-15(14-26)13-25(18-12-23-9-10-24-18)19(27)16-4-6-17(22)7-5-16/h4-7,9-10,12,15H,8,11,13-14H2,1-3H3/p+1/t15-,26?/m0/s1. The molecular weight excluding hydrogens is 436 g/mol. The molecule has 3 rings (SSSR count). The molecule has 7 nitrogen and oxygen atoms in total. The van der Waals surface area contributed by atoms with Crippen LogP contribution in [0.5, 0.6) is 0 Å². The zero-order chi connectivity index (χ0) is 21.2. The van der Waals surface area contributed by atoms with E-state index in [-0.39, 0.29) is 16.3 Å². The van der Waals surface area contributed by atoms with Crippen LogP contribution in [0.4, 0.5) is 10.6 Å². The smallest absolute Gasteiger partial charge is 0.435 e. The van der Waals surface area contributed by atoms with E-state index in [2.05, 4.69) is 25.9 Å². The monoisotopic (exact) mass is 461 g/mol. The minimum absolute atomic E-state index is 0.00154. The van der Waals surface area contributed by atoms with Crippen LogP contribution < -0.4 is 4.90 Å². The maximum absolute atomic E-state index is 13.3. The van der Waals surface area contributed by atoms with E-state index in [1.807, 2.05) is 32.9 Å². The molecule has 1 fully saturated rings. The Morgan fingerprint density at radius 3 is 2.45 bits per heavy atom. The first-order valence-electron chi connectivity index (χ1n) is 9.58. The fraction of sp³-hybridized carbons (Fsp3) is 0.429. The van der Waals surface area contributed by atoms with Gasteiger partial charge in [0, 0.05) is 41.3 Å². The van der Waals surface area contributed by atoms with Crippen LogP contribution in [0.3, 0.4) is 0 Å². The van der Waals surface area contributed by atoms with Gasteiger partial charge in [-0.25, -0.2) is 9.47 Å². The summed E-state index contributed by atoms with van der Waals surface area (Å²) in [6.45, 7) is 7.29. The second kappa shape index (κ2) is 8.20. The second-order valence-corrected chi connectivity index (χ2v) is 9.38. The first kappa shape index (κ1) is 21.4. The molecule has 29 heavy (non-hydrogen) atoms. The minimum atomic E-state index is -0.815. The number of carboxylic acid groups (broad SMARTS) is 1. The van der Waals surface area contributed by atoms with Crippen LogP contribution in [0.25, 0.3) is 0 Å². The van der Waals surface area contributed by atoms with Crippen LogP contribution in [0, 0.1) is 5.92 Å². The Labute approximate surface area is 179 Å². The molecule has 0 aliphatic carbocycles. The zero-order valence-electron chi connectivity index (χ0n) is 16.9. The summed E-state index contributed by atoms with van der Waals surface area (Å²) in [6.07, 6.45) is 4.60. The number of benzene rings is 1. The van der Waals surface area contributed by atoms with E-state index in [9.17, 15) is 14.7 Å². The average Bonchev–Trinajstić information content (AvgIpc) is 3.12. The van der Waals surface area contributed by atoms with Crippen LogP contribution in [-0.2, 0) is 0 Å². The van der Waals surface area contributed by atoms with Crippen LogP contribution in [-0.4, -0.2) is 56.7 Å². The molecule has 154 valence electrons. The van der Waals surface area contributed by atoms with Crippen molar-refractivity contribution < 1.29 is 19.2 Å². The topological polar surface area (TPSA) is 83.4 Å². The van der Waals surface area contributed by atoms with E-state index in [4.69, 9.17) is 0 Å². The predicted octanol–water partition coefficient (Wildman–Crippen LogP) is 4.20. The first-order chi connectivity index (χ1) is 13.6. The lowest BCUT2D eigenvalue weighted by atomic mass is 10.0. The van der Waals surface area contributed by atoms with E-state index >= 15 is 0 Å². The average molecular weight is 462 g/mol. The molecule has 2 aromatic rings. The summed E-state index contributed by atoms with van der Waals surface area (Å²) in [6, 6.07) is 7.17. The normalized spacial score (nSPS) is 21.7. The fourth-order valence-electron chi connectivity index (χ4n) is 3.96. The van der Waals surface area contributed by atoms with Crippen LogP contribution in [0.2, 0.25) is 0 Å². The molecule has 1 aliphatic heterocycles. The van der Waals surface area contributed by atoms with Crippen molar-refractivity contribution in [1.82, 2.24) is 9.97 Å². The van der Waals surface area contributed by atoms with E-state index in [0.29, 0.717) is 31.0 Å². The maximum atomic E-state index is 13.3. The highest BCUT2D eigenvalue weighted by molar-refractivity contribution is 9.10. The first-order valence-corrected chi connectivity index (χ1v) is 10.4. The molecule has 2 atom stereocenters. The molecule has 1 aromatic heterocycles. The van der Waals surface area contributed by atoms with Crippen LogP contribution >= 0.6 is 15.9 Å². The van der Waals surface area contributed by atoms with Crippen molar-refractivity contribution in [3.63, 3.8) is 0 Å². The molecular formula is C21H26BrN4O3+. The summed E-state index contributed by atoms with van der Waals surface area (Å²) in [4.78, 5) is 35.4. The highest BCUT2D eigenvalue weighted by Crippen LogP contribution is 2.35. The maximum Gasteiger partial charge on any atom is 0.513 e. The van der Waals surface area contributed by atoms with Crippen molar-refractivity contribution in [2.75, 3.05) is 24.5 Å². The Bertz CT molecular complexity index is 883. The predicted molar refractivity (Wildman–Crippen MR) is 114 cm³/mol. The Kier molecular flexibility index (Phi) is 6.05. The van der Waals surface area contributed by atoms with Gasteiger partial charge in [-0.1, -0.05) is 15.9 Å². The summed E-state index contributed by atoms with van der Waals surface area (Å²) in [5.74, 6) is 0.345. The number of nitrogens with zero attached hydrogens (tertiary/aromatic N) is 4. The van der Waals surface area contributed by atoms with Gasteiger partial charge in [-0.05, 0) is 45.0 Å². The second-order valence-electron chi connectivity index (χ2n) is 8.47. The molecule has 1 unspecified atom stereocenters. The molecule has 2 heterocycles. The van der Waals surface area contributed by atoms with Gasteiger partial charge in [0.15, 0.2) is 5.82 Å². The summed E-state index contributed by atoms with van der Waals surface area (Å²) < 4.78 is 0.892. The summed E-state index contributed by atoms with van der Waals surface area (Å²) in [7, 11) is 0. The van der Waals surface area contributed by atoms with Gasteiger partial charge < -0.3 is 5.11 Å².